The first kappa shape index (κ1) is 18.8. The molecule has 0 fully saturated rings. The van der Waals surface area contributed by atoms with Crippen LogP contribution in [0.4, 0.5) is 0 Å². The van der Waals surface area contributed by atoms with Crippen molar-refractivity contribution in [2.75, 3.05) is 6.54 Å². The molecule has 2 aromatic carbocycles. The van der Waals surface area contributed by atoms with Gasteiger partial charge in [-0.3, -0.25) is 4.90 Å². The zero-order valence-electron chi connectivity index (χ0n) is 16.1. The normalized spacial score (nSPS) is 14.0. The molecule has 4 aromatic rings. The molecule has 0 amide bonds. The van der Waals surface area contributed by atoms with E-state index in [1.54, 1.807) is 0 Å². The Kier molecular flexibility index (Phi) is 4.73. The Hall–Kier alpha value is -3.22. The van der Waals surface area contributed by atoms with E-state index in [2.05, 4.69) is 38.9 Å². The fraction of sp³-hybridized carbons (Fsp3) is 0.174. The highest BCUT2D eigenvalue weighted by Crippen LogP contribution is 2.40. The van der Waals surface area contributed by atoms with Crippen LogP contribution in [0.3, 0.4) is 0 Å². The smallest absolute Gasteiger partial charge is 0.175 e. The van der Waals surface area contributed by atoms with Crippen molar-refractivity contribution in [3.05, 3.63) is 82.8 Å². The summed E-state index contributed by atoms with van der Waals surface area (Å²) in [6.45, 7) is 2.32. The molecule has 0 aliphatic carbocycles. The second kappa shape index (κ2) is 7.55. The molecule has 152 valence electrons. The first-order chi connectivity index (χ1) is 14.6. The second-order valence-corrected chi connectivity index (χ2v) is 7.89. The molecule has 0 bridgehead atoms. The number of phenols is 2. The van der Waals surface area contributed by atoms with Gasteiger partial charge in [0.15, 0.2) is 5.76 Å². The molecule has 2 aromatic heterocycles. The fourth-order valence-electron chi connectivity index (χ4n) is 3.93. The number of benzene rings is 2. The summed E-state index contributed by atoms with van der Waals surface area (Å²) >= 11 is 6.04. The van der Waals surface area contributed by atoms with E-state index < -0.39 is 0 Å². The third-order valence-corrected chi connectivity index (χ3v) is 5.75. The van der Waals surface area contributed by atoms with E-state index >= 15 is 0 Å². The zero-order valence-corrected chi connectivity index (χ0v) is 16.9. The van der Waals surface area contributed by atoms with Crippen molar-refractivity contribution in [2.24, 2.45) is 0 Å². The minimum atomic E-state index is -0.171. The van der Waals surface area contributed by atoms with Gasteiger partial charge in [-0.25, -0.2) is 0 Å². The summed E-state index contributed by atoms with van der Waals surface area (Å²) in [6, 6.07) is 15.2. The average molecular weight is 422 g/mol. The quantitative estimate of drug-likeness (QED) is 0.497. The molecule has 3 heterocycles. The molecule has 30 heavy (non-hydrogen) atoms. The molecule has 0 radical (unpaired) electrons. The lowest BCUT2D eigenvalue weighted by atomic mass is 10.0. The van der Waals surface area contributed by atoms with Crippen molar-refractivity contribution >= 4 is 11.6 Å². The Labute approximate surface area is 178 Å². The minimum absolute atomic E-state index is 0.0904. The van der Waals surface area contributed by atoms with Crippen LogP contribution < -0.4 is 0 Å². The van der Waals surface area contributed by atoms with E-state index in [0.717, 1.165) is 36.5 Å². The summed E-state index contributed by atoms with van der Waals surface area (Å²) in [5, 5.41) is 24.3. The van der Waals surface area contributed by atoms with Gasteiger partial charge >= 0.3 is 0 Å². The summed E-state index contributed by atoms with van der Waals surface area (Å²) < 4.78 is 7.66. The van der Waals surface area contributed by atoms with Crippen molar-refractivity contribution in [1.29, 1.82) is 0 Å². The number of rotatable bonds is 4. The lowest BCUT2D eigenvalue weighted by Crippen LogP contribution is -2.30. The standard InChI is InChI=1S/C23H20ClN3O3/c24-19-11-17(21(28)12-22(19)29)23-18-14-26(9-6-20(18)25-30-23)13-15-4-3-5-16(10-15)27-7-1-2-8-27/h1-5,7-8,10-12,28-29H,6,9,13-14H2. The lowest BCUT2D eigenvalue weighted by molar-refractivity contribution is 0.245. The second-order valence-electron chi connectivity index (χ2n) is 7.48. The Bertz CT molecular complexity index is 1200. The van der Waals surface area contributed by atoms with E-state index in [1.807, 2.05) is 24.5 Å². The SMILES string of the molecule is Oc1cc(O)c(-c2onc3c2CN(Cc2cccc(-n4cccc4)c2)CC3)cc1Cl. The van der Waals surface area contributed by atoms with E-state index in [1.165, 1.54) is 17.7 Å². The summed E-state index contributed by atoms with van der Waals surface area (Å²) in [5.41, 5.74) is 4.62. The monoisotopic (exact) mass is 421 g/mol. The van der Waals surface area contributed by atoms with Crippen LogP contribution in [0.25, 0.3) is 17.0 Å². The van der Waals surface area contributed by atoms with Crippen LogP contribution in [0.5, 0.6) is 11.5 Å². The fourth-order valence-corrected chi connectivity index (χ4v) is 4.09. The van der Waals surface area contributed by atoms with Crippen molar-refractivity contribution < 1.29 is 14.7 Å². The molecular weight excluding hydrogens is 402 g/mol. The van der Waals surface area contributed by atoms with Crippen LogP contribution in [0, 0.1) is 0 Å². The van der Waals surface area contributed by atoms with E-state index in [9.17, 15) is 10.2 Å². The van der Waals surface area contributed by atoms with E-state index in [4.69, 9.17) is 16.1 Å². The van der Waals surface area contributed by atoms with E-state index in [0.29, 0.717) is 17.9 Å². The van der Waals surface area contributed by atoms with E-state index in [-0.39, 0.29) is 16.5 Å². The van der Waals surface area contributed by atoms with Crippen LogP contribution in [0.15, 0.2) is 65.4 Å². The highest BCUT2D eigenvalue weighted by molar-refractivity contribution is 6.32. The van der Waals surface area contributed by atoms with Crippen molar-refractivity contribution in [1.82, 2.24) is 14.6 Å². The molecule has 0 saturated carbocycles. The molecule has 0 unspecified atom stereocenters. The van der Waals surface area contributed by atoms with Gasteiger partial charge in [0.2, 0.25) is 0 Å². The van der Waals surface area contributed by atoms with Gasteiger partial charge in [0.25, 0.3) is 0 Å². The largest absolute Gasteiger partial charge is 0.507 e. The van der Waals surface area contributed by atoms with Gasteiger partial charge in [0.1, 0.15) is 11.5 Å². The summed E-state index contributed by atoms with van der Waals surface area (Å²) in [6.07, 6.45) is 4.83. The molecule has 5 rings (SSSR count). The lowest BCUT2D eigenvalue weighted by Gasteiger charge is -2.26. The number of phenolic OH excluding ortho intramolecular Hbond substituents is 2. The van der Waals surface area contributed by atoms with Gasteiger partial charge in [-0.05, 0) is 35.9 Å². The molecule has 0 spiro atoms. The van der Waals surface area contributed by atoms with Crippen LogP contribution >= 0.6 is 11.6 Å². The Balaban J connectivity index is 1.40. The maximum Gasteiger partial charge on any atom is 0.175 e. The highest BCUT2D eigenvalue weighted by atomic mass is 35.5. The molecule has 7 heteroatoms. The Morgan fingerprint density at radius 3 is 2.70 bits per heavy atom. The molecular formula is C23H20ClN3O3. The average Bonchev–Trinajstić information content (AvgIpc) is 3.41. The number of nitrogens with zero attached hydrogens (tertiary/aromatic N) is 3. The van der Waals surface area contributed by atoms with Gasteiger partial charge in [-0.15, -0.1) is 0 Å². The third kappa shape index (κ3) is 3.44. The van der Waals surface area contributed by atoms with Gasteiger partial charge in [0, 0.05) is 55.8 Å². The van der Waals surface area contributed by atoms with Crippen molar-refractivity contribution in [2.45, 2.75) is 19.5 Å². The number of aromatic nitrogens is 2. The topological polar surface area (TPSA) is 74.7 Å². The Morgan fingerprint density at radius 1 is 1.03 bits per heavy atom. The van der Waals surface area contributed by atoms with Crippen LogP contribution in [-0.2, 0) is 19.5 Å². The van der Waals surface area contributed by atoms with Crippen molar-refractivity contribution in [3.63, 3.8) is 0 Å². The molecule has 0 saturated heterocycles. The summed E-state index contributed by atoms with van der Waals surface area (Å²) in [7, 11) is 0. The summed E-state index contributed by atoms with van der Waals surface area (Å²) in [5.74, 6) is 0.234. The molecule has 0 atom stereocenters. The number of hydrogen-bond donors (Lipinski definition) is 2. The maximum absolute atomic E-state index is 10.3. The number of aromatic hydroxyl groups is 2. The molecule has 1 aliphatic heterocycles. The Morgan fingerprint density at radius 2 is 1.87 bits per heavy atom. The molecule has 1 aliphatic rings. The van der Waals surface area contributed by atoms with Gasteiger partial charge in [-0.1, -0.05) is 28.9 Å². The maximum atomic E-state index is 10.3. The predicted octanol–water partition coefficient (Wildman–Crippen LogP) is 4.76. The van der Waals surface area contributed by atoms with Crippen molar-refractivity contribution in [3.8, 4) is 28.5 Å². The van der Waals surface area contributed by atoms with Gasteiger partial charge in [-0.2, -0.15) is 0 Å². The van der Waals surface area contributed by atoms with Gasteiger partial charge in [0.05, 0.1) is 16.3 Å². The number of hydrogen-bond acceptors (Lipinski definition) is 5. The summed E-state index contributed by atoms with van der Waals surface area (Å²) in [4.78, 5) is 2.33. The minimum Gasteiger partial charge on any atom is -0.507 e. The first-order valence-electron chi connectivity index (χ1n) is 9.72. The van der Waals surface area contributed by atoms with Crippen LogP contribution in [0.1, 0.15) is 16.8 Å². The van der Waals surface area contributed by atoms with Crippen LogP contribution in [-0.4, -0.2) is 31.4 Å². The highest BCUT2D eigenvalue weighted by Gasteiger charge is 2.26. The number of fused-ring (bicyclic) bond motifs is 1. The molecule has 6 nitrogen and oxygen atoms in total. The zero-order chi connectivity index (χ0) is 20.7. The third-order valence-electron chi connectivity index (χ3n) is 5.45. The molecule has 2 N–H and O–H groups in total. The first-order valence-corrected chi connectivity index (χ1v) is 10.1. The predicted molar refractivity (Wildman–Crippen MR) is 114 cm³/mol. The van der Waals surface area contributed by atoms with Crippen LogP contribution in [0.2, 0.25) is 5.02 Å². The number of halogens is 1. The van der Waals surface area contributed by atoms with Gasteiger partial charge < -0.3 is 19.3 Å².